The molecule has 18 heavy (non-hydrogen) atoms. The first kappa shape index (κ1) is 14.5. The van der Waals surface area contributed by atoms with Crippen LogP contribution in [0.3, 0.4) is 0 Å². The SMILES string of the molecule is C=CC(C)(C)[C@H](C)C(=O)N[C@@H](C)c1ccccc1. The molecule has 0 aliphatic heterocycles. The number of carbonyl (C=O) groups excluding carboxylic acids is 1. The fraction of sp³-hybridized carbons (Fsp3) is 0.438. The van der Waals surface area contributed by atoms with Gasteiger partial charge in [0.05, 0.1) is 6.04 Å². The van der Waals surface area contributed by atoms with Crippen molar-refractivity contribution in [2.75, 3.05) is 0 Å². The molecule has 2 nitrogen and oxygen atoms in total. The van der Waals surface area contributed by atoms with Gasteiger partial charge < -0.3 is 5.32 Å². The van der Waals surface area contributed by atoms with Crippen LogP contribution >= 0.6 is 0 Å². The van der Waals surface area contributed by atoms with Crippen molar-refractivity contribution in [1.29, 1.82) is 0 Å². The van der Waals surface area contributed by atoms with Gasteiger partial charge in [0.2, 0.25) is 5.91 Å². The maximum absolute atomic E-state index is 12.2. The Labute approximate surface area is 110 Å². The van der Waals surface area contributed by atoms with Gasteiger partial charge in [0, 0.05) is 5.92 Å². The van der Waals surface area contributed by atoms with Gasteiger partial charge in [-0.15, -0.1) is 6.58 Å². The van der Waals surface area contributed by atoms with E-state index in [1.54, 1.807) is 0 Å². The van der Waals surface area contributed by atoms with E-state index >= 15 is 0 Å². The van der Waals surface area contributed by atoms with Gasteiger partial charge in [0.15, 0.2) is 0 Å². The average molecular weight is 245 g/mol. The van der Waals surface area contributed by atoms with Gasteiger partial charge in [0.1, 0.15) is 0 Å². The third-order valence-electron chi connectivity index (χ3n) is 3.69. The molecule has 0 heterocycles. The van der Waals surface area contributed by atoms with Crippen molar-refractivity contribution >= 4 is 5.91 Å². The molecule has 2 atom stereocenters. The minimum atomic E-state index is -0.194. The van der Waals surface area contributed by atoms with Gasteiger partial charge in [0.25, 0.3) is 0 Å². The number of nitrogens with one attached hydrogen (secondary N) is 1. The third-order valence-corrected chi connectivity index (χ3v) is 3.69. The number of benzene rings is 1. The topological polar surface area (TPSA) is 29.1 Å². The Morgan fingerprint density at radius 1 is 1.28 bits per heavy atom. The lowest BCUT2D eigenvalue weighted by Crippen LogP contribution is -2.37. The Morgan fingerprint density at radius 3 is 2.33 bits per heavy atom. The summed E-state index contributed by atoms with van der Waals surface area (Å²) in [6.07, 6.45) is 1.84. The predicted molar refractivity (Wildman–Crippen MR) is 76.1 cm³/mol. The molecule has 2 heteroatoms. The van der Waals surface area contributed by atoms with Crippen molar-refractivity contribution in [2.24, 2.45) is 11.3 Å². The molecule has 0 saturated carbocycles. The van der Waals surface area contributed by atoms with Gasteiger partial charge in [-0.3, -0.25) is 4.79 Å². The normalized spacial score (nSPS) is 14.7. The van der Waals surface area contributed by atoms with Crippen LogP contribution in [0.15, 0.2) is 43.0 Å². The Bertz CT molecular complexity index is 408. The van der Waals surface area contributed by atoms with E-state index in [1.807, 2.05) is 64.1 Å². The molecule has 0 spiro atoms. The third kappa shape index (κ3) is 3.46. The molecule has 1 aromatic carbocycles. The lowest BCUT2D eigenvalue weighted by Gasteiger charge is -2.28. The van der Waals surface area contributed by atoms with Gasteiger partial charge in [-0.25, -0.2) is 0 Å². The maximum Gasteiger partial charge on any atom is 0.224 e. The molecule has 1 aromatic rings. The molecular formula is C16H23NO. The van der Waals surface area contributed by atoms with Gasteiger partial charge in [-0.1, -0.05) is 57.2 Å². The maximum atomic E-state index is 12.2. The highest BCUT2D eigenvalue weighted by Crippen LogP contribution is 2.28. The van der Waals surface area contributed by atoms with Crippen LogP contribution in [0.25, 0.3) is 0 Å². The lowest BCUT2D eigenvalue weighted by molar-refractivity contribution is -0.127. The highest BCUT2D eigenvalue weighted by molar-refractivity contribution is 5.79. The minimum absolute atomic E-state index is 0.0294. The molecular weight excluding hydrogens is 222 g/mol. The molecule has 1 amide bonds. The molecule has 1 rings (SSSR count). The van der Waals surface area contributed by atoms with Crippen LogP contribution in [0.1, 0.15) is 39.3 Å². The van der Waals surface area contributed by atoms with Crippen LogP contribution in [0.4, 0.5) is 0 Å². The van der Waals surface area contributed by atoms with Crippen molar-refractivity contribution in [3.05, 3.63) is 48.6 Å². The quantitative estimate of drug-likeness (QED) is 0.787. The molecule has 0 saturated heterocycles. The van der Waals surface area contributed by atoms with Crippen molar-refractivity contribution in [1.82, 2.24) is 5.32 Å². The molecule has 98 valence electrons. The molecule has 0 aliphatic carbocycles. The van der Waals surface area contributed by atoms with Crippen LogP contribution in [-0.2, 0) is 4.79 Å². The summed E-state index contributed by atoms with van der Waals surface area (Å²) in [5, 5.41) is 3.05. The van der Waals surface area contributed by atoms with E-state index in [4.69, 9.17) is 0 Å². The zero-order valence-corrected chi connectivity index (χ0v) is 11.7. The molecule has 1 N–H and O–H groups in total. The lowest BCUT2D eigenvalue weighted by atomic mass is 9.79. The van der Waals surface area contributed by atoms with E-state index in [2.05, 4.69) is 11.9 Å². The van der Waals surface area contributed by atoms with E-state index in [-0.39, 0.29) is 23.3 Å². The largest absolute Gasteiger partial charge is 0.349 e. The van der Waals surface area contributed by atoms with Gasteiger partial charge >= 0.3 is 0 Å². The molecule has 0 unspecified atom stereocenters. The van der Waals surface area contributed by atoms with Crippen molar-refractivity contribution < 1.29 is 4.79 Å². The molecule has 0 aliphatic rings. The van der Waals surface area contributed by atoms with Crippen LogP contribution in [0, 0.1) is 11.3 Å². The second-order valence-corrected chi connectivity index (χ2v) is 5.39. The molecule has 0 aromatic heterocycles. The summed E-state index contributed by atoms with van der Waals surface area (Å²) in [7, 11) is 0. The monoisotopic (exact) mass is 245 g/mol. The summed E-state index contributed by atoms with van der Waals surface area (Å²) in [6.45, 7) is 11.8. The Kier molecular flexibility index (Phi) is 4.71. The Balaban J connectivity index is 2.68. The predicted octanol–water partition coefficient (Wildman–Crippen LogP) is 3.71. The smallest absolute Gasteiger partial charge is 0.224 e. The second-order valence-electron chi connectivity index (χ2n) is 5.39. The summed E-state index contributed by atoms with van der Waals surface area (Å²) in [6, 6.07) is 10.0. The summed E-state index contributed by atoms with van der Waals surface area (Å²) in [5.74, 6) is -0.0302. The van der Waals surface area contributed by atoms with Crippen LogP contribution in [-0.4, -0.2) is 5.91 Å². The summed E-state index contributed by atoms with van der Waals surface area (Å²) >= 11 is 0. The first-order chi connectivity index (χ1) is 8.38. The van der Waals surface area contributed by atoms with Crippen LogP contribution < -0.4 is 5.32 Å². The first-order valence-corrected chi connectivity index (χ1v) is 6.37. The van der Waals surface area contributed by atoms with Gasteiger partial charge in [-0.05, 0) is 17.9 Å². The first-order valence-electron chi connectivity index (χ1n) is 6.37. The van der Waals surface area contributed by atoms with Crippen LogP contribution in [0.5, 0.6) is 0 Å². The number of rotatable bonds is 5. The van der Waals surface area contributed by atoms with Crippen molar-refractivity contribution in [3.63, 3.8) is 0 Å². The zero-order valence-electron chi connectivity index (χ0n) is 11.7. The number of hydrogen-bond acceptors (Lipinski definition) is 1. The van der Waals surface area contributed by atoms with E-state index in [0.29, 0.717) is 0 Å². The standard InChI is InChI=1S/C16H23NO/c1-6-16(4,5)12(2)15(18)17-13(3)14-10-8-7-9-11-14/h6-13H,1H2,2-5H3,(H,17,18)/t12-,13+/m1/s1. The van der Waals surface area contributed by atoms with E-state index < -0.39 is 0 Å². The number of allylic oxidation sites excluding steroid dienone is 1. The summed E-state index contributed by atoms with van der Waals surface area (Å²) in [4.78, 5) is 12.2. The Morgan fingerprint density at radius 2 is 1.83 bits per heavy atom. The number of amides is 1. The molecule has 0 fully saturated rings. The fourth-order valence-corrected chi connectivity index (χ4v) is 1.68. The van der Waals surface area contributed by atoms with Gasteiger partial charge in [-0.2, -0.15) is 0 Å². The number of carbonyl (C=O) groups is 1. The molecule has 0 bridgehead atoms. The average Bonchev–Trinajstić information content (AvgIpc) is 2.38. The summed E-state index contributed by atoms with van der Waals surface area (Å²) in [5.41, 5.74) is 0.926. The minimum Gasteiger partial charge on any atom is -0.349 e. The number of hydrogen-bond donors (Lipinski definition) is 1. The second kappa shape index (κ2) is 5.85. The fourth-order valence-electron chi connectivity index (χ4n) is 1.68. The molecule has 0 radical (unpaired) electrons. The van der Waals surface area contributed by atoms with E-state index in [1.165, 1.54) is 0 Å². The zero-order chi connectivity index (χ0) is 13.8. The van der Waals surface area contributed by atoms with Crippen molar-refractivity contribution in [2.45, 2.75) is 33.7 Å². The highest BCUT2D eigenvalue weighted by Gasteiger charge is 2.29. The van der Waals surface area contributed by atoms with E-state index in [0.717, 1.165) is 5.56 Å². The Hall–Kier alpha value is -1.57. The van der Waals surface area contributed by atoms with Crippen molar-refractivity contribution in [3.8, 4) is 0 Å². The van der Waals surface area contributed by atoms with Crippen LogP contribution in [0.2, 0.25) is 0 Å². The summed E-state index contributed by atoms with van der Waals surface area (Å²) < 4.78 is 0. The highest BCUT2D eigenvalue weighted by atomic mass is 16.1. The van der Waals surface area contributed by atoms with E-state index in [9.17, 15) is 4.79 Å².